The molecule has 3 rings (SSSR count). The van der Waals surface area contributed by atoms with Crippen LogP contribution in [0.1, 0.15) is 45.4 Å². The van der Waals surface area contributed by atoms with E-state index in [0.717, 1.165) is 31.3 Å². The Labute approximate surface area is 115 Å². The zero-order chi connectivity index (χ0) is 13.4. The van der Waals surface area contributed by atoms with E-state index in [1.165, 1.54) is 25.7 Å². The summed E-state index contributed by atoms with van der Waals surface area (Å²) in [6, 6.07) is 0.694. The molecule has 1 N–H and O–H groups in total. The number of nitrogens with one attached hydrogen (secondary N) is 1. The first-order valence-corrected chi connectivity index (χ1v) is 7.81. The van der Waals surface area contributed by atoms with Crippen LogP contribution in [0.5, 0.6) is 0 Å². The zero-order valence-electron chi connectivity index (χ0n) is 12.1. The maximum atomic E-state index is 12.4. The zero-order valence-corrected chi connectivity index (χ0v) is 12.1. The highest BCUT2D eigenvalue weighted by Crippen LogP contribution is 2.46. The lowest BCUT2D eigenvalue weighted by Gasteiger charge is -2.31. The van der Waals surface area contributed by atoms with Crippen LogP contribution >= 0.6 is 0 Å². The second-order valence-corrected chi connectivity index (χ2v) is 6.57. The van der Waals surface area contributed by atoms with E-state index in [9.17, 15) is 4.79 Å². The lowest BCUT2D eigenvalue weighted by Crippen LogP contribution is -2.50. The number of urea groups is 1. The van der Waals surface area contributed by atoms with Crippen LogP contribution in [0.2, 0.25) is 0 Å². The van der Waals surface area contributed by atoms with Gasteiger partial charge in [-0.15, -0.1) is 0 Å². The standard InChI is InChI=1S/C15H26N2O2/c1-10(13-4-3-9-19-13)16-15(18)17(2)14(11-5-6-11)12-7-8-12/h10-14H,3-9H2,1-2H3,(H,16,18)/t10-,13-/m0/s1. The largest absolute Gasteiger partial charge is 0.376 e. The number of carbonyl (C=O) groups excluding carboxylic acids is 1. The number of nitrogens with zero attached hydrogens (tertiary/aromatic N) is 1. The van der Waals surface area contributed by atoms with E-state index in [1.54, 1.807) is 0 Å². The van der Waals surface area contributed by atoms with Gasteiger partial charge < -0.3 is 15.0 Å². The molecule has 1 aliphatic heterocycles. The molecular formula is C15H26N2O2. The highest BCUT2D eigenvalue weighted by atomic mass is 16.5. The Morgan fingerprint density at radius 2 is 1.84 bits per heavy atom. The summed E-state index contributed by atoms with van der Waals surface area (Å²) < 4.78 is 5.64. The monoisotopic (exact) mass is 266 g/mol. The van der Waals surface area contributed by atoms with E-state index >= 15 is 0 Å². The van der Waals surface area contributed by atoms with Crippen molar-refractivity contribution in [3.8, 4) is 0 Å². The first-order chi connectivity index (χ1) is 9.16. The molecule has 0 unspecified atom stereocenters. The third-order valence-corrected chi connectivity index (χ3v) is 4.85. The highest BCUT2D eigenvalue weighted by molar-refractivity contribution is 5.74. The van der Waals surface area contributed by atoms with Crippen molar-refractivity contribution < 1.29 is 9.53 Å². The molecule has 0 aromatic carbocycles. The Morgan fingerprint density at radius 1 is 1.21 bits per heavy atom. The van der Waals surface area contributed by atoms with Gasteiger partial charge in [0, 0.05) is 19.7 Å². The molecule has 0 radical (unpaired) electrons. The van der Waals surface area contributed by atoms with Gasteiger partial charge >= 0.3 is 6.03 Å². The summed E-state index contributed by atoms with van der Waals surface area (Å²) in [4.78, 5) is 14.3. The van der Waals surface area contributed by atoms with Gasteiger partial charge in [0.2, 0.25) is 0 Å². The Bertz CT molecular complexity index is 321. The fraction of sp³-hybridized carbons (Fsp3) is 0.933. The molecule has 0 spiro atoms. The van der Waals surface area contributed by atoms with Crippen molar-refractivity contribution in [1.82, 2.24) is 10.2 Å². The Morgan fingerprint density at radius 3 is 2.32 bits per heavy atom. The topological polar surface area (TPSA) is 41.6 Å². The van der Waals surface area contributed by atoms with Crippen molar-refractivity contribution in [2.24, 2.45) is 11.8 Å². The SMILES string of the molecule is C[C@H](NC(=O)N(C)C(C1CC1)C1CC1)[C@@H]1CCCO1. The van der Waals surface area contributed by atoms with E-state index in [2.05, 4.69) is 12.2 Å². The van der Waals surface area contributed by atoms with Crippen molar-refractivity contribution in [1.29, 1.82) is 0 Å². The predicted molar refractivity (Wildman–Crippen MR) is 74.0 cm³/mol. The first-order valence-electron chi connectivity index (χ1n) is 7.81. The van der Waals surface area contributed by atoms with Crippen LogP contribution in [0, 0.1) is 11.8 Å². The van der Waals surface area contributed by atoms with Crippen LogP contribution in [0.3, 0.4) is 0 Å². The molecule has 1 heterocycles. The fourth-order valence-corrected chi connectivity index (χ4v) is 3.41. The van der Waals surface area contributed by atoms with Gasteiger partial charge in [-0.2, -0.15) is 0 Å². The third kappa shape index (κ3) is 3.04. The number of rotatable bonds is 5. The van der Waals surface area contributed by atoms with Crippen LogP contribution in [-0.2, 0) is 4.74 Å². The third-order valence-electron chi connectivity index (χ3n) is 4.85. The molecule has 3 fully saturated rings. The van der Waals surface area contributed by atoms with Gasteiger partial charge in [-0.1, -0.05) is 0 Å². The lowest BCUT2D eigenvalue weighted by molar-refractivity contribution is 0.0819. The summed E-state index contributed by atoms with van der Waals surface area (Å²) in [5, 5.41) is 3.13. The van der Waals surface area contributed by atoms with Gasteiger partial charge in [0.25, 0.3) is 0 Å². The van der Waals surface area contributed by atoms with Crippen LogP contribution in [0.4, 0.5) is 4.79 Å². The second kappa shape index (κ2) is 5.31. The van der Waals surface area contributed by atoms with Crippen LogP contribution < -0.4 is 5.32 Å². The van der Waals surface area contributed by atoms with E-state index in [0.29, 0.717) is 6.04 Å². The number of carbonyl (C=O) groups is 1. The molecule has 3 aliphatic rings. The van der Waals surface area contributed by atoms with E-state index < -0.39 is 0 Å². The summed E-state index contributed by atoms with van der Waals surface area (Å²) in [6.07, 6.45) is 7.62. The van der Waals surface area contributed by atoms with Crippen molar-refractivity contribution in [3.05, 3.63) is 0 Å². The molecule has 0 aromatic rings. The summed E-state index contributed by atoms with van der Waals surface area (Å²) in [5.74, 6) is 1.53. The molecule has 0 bridgehead atoms. The van der Waals surface area contributed by atoms with Crippen molar-refractivity contribution in [3.63, 3.8) is 0 Å². The van der Waals surface area contributed by atoms with Crippen LogP contribution in [-0.4, -0.2) is 42.8 Å². The Hall–Kier alpha value is -0.770. The fourth-order valence-electron chi connectivity index (χ4n) is 3.41. The lowest BCUT2D eigenvalue weighted by atomic mass is 10.1. The van der Waals surface area contributed by atoms with E-state index in [1.807, 2.05) is 11.9 Å². The molecule has 2 saturated carbocycles. The smallest absolute Gasteiger partial charge is 0.317 e. The highest BCUT2D eigenvalue weighted by Gasteiger charge is 2.45. The van der Waals surface area contributed by atoms with Gasteiger partial charge in [-0.05, 0) is 57.3 Å². The maximum Gasteiger partial charge on any atom is 0.317 e. The Kier molecular flexibility index (Phi) is 3.70. The van der Waals surface area contributed by atoms with Gasteiger partial charge in [0.05, 0.1) is 12.1 Å². The molecule has 19 heavy (non-hydrogen) atoms. The predicted octanol–water partition coefficient (Wildman–Crippen LogP) is 2.38. The minimum absolute atomic E-state index is 0.0896. The van der Waals surface area contributed by atoms with Gasteiger partial charge in [-0.25, -0.2) is 4.79 Å². The van der Waals surface area contributed by atoms with Crippen molar-refractivity contribution >= 4 is 6.03 Å². The molecule has 2 aliphatic carbocycles. The number of amides is 2. The quantitative estimate of drug-likeness (QED) is 0.830. The van der Waals surface area contributed by atoms with Crippen molar-refractivity contribution in [2.75, 3.05) is 13.7 Å². The minimum Gasteiger partial charge on any atom is -0.376 e. The first kappa shape index (κ1) is 13.2. The Balaban J connectivity index is 1.53. The van der Waals surface area contributed by atoms with Crippen LogP contribution in [0.15, 0.2) is 0 Å². The number of ether oxygens (including phenoxy) is 1. The summed E-state index contributed by atoms with van der Waals surface area (Å²) in [6.45, 7) is 2.90. The minimum atomic E-state index is 0.0896. The maximum absolute atomic E-state index is 12.4. The average molecular weight is 266 g/mol. The molecule has 4 heteroatoms. The summed E-state index contributed by atoms with van der Waals surface area (Å²) in [5.41, 5.74) is 0. The molecular weight excluding hydrogens is 240 g/mol. The van der Waals surface area contributed by atoms with Crippen molar-refractivity contribution in [2.45, 2.75) is 63.6 Å². The molecule has 0 aromatic heterocycles. The van der Waals surface area contributed by atoms with Gasteiger partial charge in [0.1, 0.15) is 0 Å². The average Bonchev–Trinajstić information content (AvgIpc) is 3.32. The molecule has 4 nitrogen and oxygen atoms in total. The normalized spacial score (nSPS) is 28.5. The number of hydrogen-bond acceptors (Lipinski definition) is 2. The summed E-state index contributed by atoms with van der Waals surface area (Å²) >= 11 is 0. The molecule has 108 valence electrons. The molecule has 2 atom stereocenters. The second-order valence-electron chi connectivity index (χ2n) is 6.57. The summed E-state index contributed by atoms with van der Waals surface area (Å²) in [7, 11) is 1.97. The van der Waals surface area contributed by atoms with Gasteiger partial charge in [-0.3, -0.25) is 0 Å². The number of hydrogen-bond donors (Lipinski definition) is 1. The molecule has 2 amide bonds. The van der Waals surface area contributed by atoms with E-state index in [-0.39, 0.29) is 18.2 Å². The van der Waals surface area contributed by atoms with Crippen LogP contribution in [0.25, 0.3) is 0 Å². The molecule has 1 saturated heterocycles. The van der Waals surface area contributed by atoms with E-state index in [4.69, 9.17) is 4.74 Å². The van der Waals surface area contributed by atoms with Gasteiger partial charge in [0.15, 0.2) is 0 Å².